The van der Waals surface area contributed by atoms with Gasteiger partial charge < -0.3 is 15.1 Å². The molecular weight excluding hydrogens is 240 g/mol. The summed E-state index contributed by atoms with van der Waals surface area (Å²) in [7, 11) is 0. The van der Waals surface area contributed by atoms with Crippen LogP contribution in [-0.4, -0.2) is 29.9 Å². The van der Waals surface area contributed by atoms with E-state index in [1.807, 2.05) is 18.7 Å². The van der Waals surface area contributed by atoms with Gasteiger partial charge in [0.2, 0.25) is 0 Å². The first kappa shape index (κ1) is 14.1. The molecule has 0 aliphatic carbocycles. The third-order valence-electron chi connectivity index (χ3n) is 3.02. The largest absolute Gasteiger partial charge is 0.466 e. The highest BCUT2D eigenvalue weighted by Gasteiger charge is 2.24. The predicted octanol–water partition coefficient (Wildman–Crippen LogP) is 1.88. The number of amides is 1. The zero-order valence-electron chi connectivity index (χ0n) is 10.2. The quantitative estimate of drug-likeness (QED) is 0.837. The van der Waals surface area contributed by atoms with E-state index in [1.54, 1.807) is 6.07 Å². The summed E-state index contributed by atoms with van der Waals surface area (Å²) in [6.45, 7) is 5.13. The third kappa shape index (κ3) is 3.01. The molecule has 17 heavy (non-hydrogen) atoms. The molecule has 5 heteroatoms. The summed E-state index contributed by atoms with van der Waals surface area (Å²) in [6.07, 6.45) is 2.00. The second-order valence-electron chi connectivity index (χ2n) is 4.48. The number of carbonyl (C=O) groups excluding carboxylic acids is 1. The minimum Gasteiger partial charge on any atom is -0.466 e. The number of nitrogens with zero attached hydrogens (tertiary/aromatic N) is 1. The lowest BCUT2D eigenvalue weighted by Gasteiger charge is -2.30. The number of nitrogens with two attached hydrogens (primary N) is 1. The molecule has 0 saturated carbocycles. The number of piperidine rings is 1. The molecule has 1 aromatic heterocycles. The van der Waals surface area contributed by atoms with Gasteiger partial charge in [-0.15, -0.1) is 12.4 Å². The lowest BCUT2D eigenvalue weighted by molar-refractivity contribution is 0.0707. The molecule has 0 bridgehead atoms. The fraction of sp³-hybridized carbons (Fsp3) is 0.583. The number of carbonyl (C=O) groups is 1. The zero-order chi connectivity index (χ0) is 11.7. The van der Waals surface area contributed by atoms with E-state index in [2.05, 4.69) is 0 Å². The highest BCUT2D eigenvalue weighted by atomic mass is 35.5. The van der Waals surface area contributed by atoms with Gasteiger partial charge in [-0.25, -0.2) is 0 Å². The summed E-state index contributed by atoms with van der Waals surface area (Å²) in [4.78, 5) is 14.0. The van der Waals surface area contributed by atoms with E-state index < -0.39 is 0 Å². The molecule has 0 radical (unpaired) electrons. The van der Waals surface area contributed by atoms with Gasteiger partial charge >= 0.3 is 0 Å². The van der Waals surface area contributed by atoms with Gasteiger partial charge in [-0.3, -0.25) is 4.79 Å². The van der Waals surface area contributed by atoms with Crippen LogP contribution in [0, 0.1) is 13.8 Å². The van der Waals surface area contributed by atoms with Crippen molar-refractivity contribution in [3.8, 4) is 0 Å². The third-order valence-corrected chi connectivity index (χ3v) is 3.02. The van der Waals surface area contributed by atoms with Crippen molar-refractivity contribution in [1.82, 2.24) is 4.90 Å². The van der Waals surface area contributed by atoms with E-state index >= 15 is 0 Å². The van der Waals surface area contributed by atoms with Crippen LogP contribution in [0.3, 0.4) is 0 Å². The molecule has 1 aliphatic rings. The van der Waals surface area contributed by atoms with E-state index in [0.717, 1.165) is 25.1 Å². The molecular formula is C12H19ClN2O2. The van der Waals surface area contributed by atoms with Gasteiger partial charge in [0.15, 0.2) is 0 Å². The molecule has 1 aromatic rings. The normalized spacial score (nSPS) is 19.9. The minimum atomic E-state index is 0. The first-order chi connectivity index (χ1) is 7.58. The molecule has 1 aliphatic heterocycles. The fourth-order valence-corrected chi connectivity index (χ4v) is 2.21. The highest BCUT2D eigenvalue weighted by molar-refractivity contribution is 5.95. The summed E-state index contributed by atoms with van der Waals surface area (Å²) in [5.74, 6) is 1.52. The van der Waals surface area contributed by atoms with E-state index in [-0.39, 0.29) is 24.4 Å². The molecule has 1 amide bonds. The maximum absolute atomic E-state index is 12.2. The molecule has 2 N–H and O–H groups in total. The Bertz CT molecular complexity index is 403. The first-order valence-electron chi connectivity index (χ1n) is 5.70. The Hall–Kier alpha value is -1.000. The monoisotopic (exact) mass is 258 g/mol. The smallest absolute Gasteiger partial charge is 0.257 e. The van der Waals surface area contributed by atoms with Gasteiger partial charge in [0.25, 0.3) is 5.91 Å². The summed E-state index contributed by atoms with van der Waals surface area (Å²) in [6, 6.07) is 1.92. The molecule has 1 fully saturated rings. The lowest BCUT2D eigenvalue weighted by Crippen LogP contribution is -2.45. The van der Waals surface area contributed by atoms with Crippen molar-refractivity contribution in [1.29, 1.82) is 0 Å². The van der Waals surface area contributed by atoms with Crippen LogP contribution in [0.2, 0.25) is 0 Å². The van der Waals surface area contributed by atoms with Crippen LogP contribution in [0.5, 0.6) is 0 Å². The number of hydrogen-bond acceptors (Lipinski definition) is 3. The standard InChI is InChI=1S/C12H18N2O2.ClH/c1-8-6-11(9(2)16-8)12(15)14-5-3-4-10(13)7-14;/h6,10H,3-5,7,13H2,1-2H3;1H/t10-;/m1./s1. The van der Waals surface area contributed by atoms with Crippen molar-refractivity contribution < 1.29 is 9.21 Å². The first-order valence-corrected chi connectivity index (χ1v) is 5.70. The van der Waals surface area contributed by atoms with Crippen LogP contribution in [0.15, 0.2) is 10.5 Å². The summed E-state index contributed by atoms with van der Waals surface area (Å²) in [5.41, 5.74) is 6.54. The summed E-state index contributed by atoms with van der Waals surface area (Å²) >= 11 is 0. The maximum atomic E-state index is 12.2. The Balaban J connectivity index is 0.00000144. The van der Waals surface area contributed by atoms with E-state index in [9.17, 15) is 4.79 Å². The Labute approximate surface area is 108 Å². The Morgan fingerprint density at radius 2 is 2.24 bits per heavy atom. The lowest BCUT2D eigenvalue weighted by atomic mass is 10.1. The van der Waals surface area contributed by atoms with Crippen LogP contribution in [-0.2, 0) is 0 Å². The van der Waals surface area contributed by atoms with Gasteiger partial charge in [-0.1, -0.05) is 0 Å². The van der Waals surface area contributed by atoms with E-state index in [1.165, 1.54) is 0 Å². The van der Waals surface area contributed by atoms with E-state index in [0.29, 0.717) is 17.9 Å². The second-order valence-corrected chi connectivity index (χ2v) is 4.48. The van der Waals surface area contributed by atoms with Crippen LogP contribution in [0.4, 0.5) is 0 Å². The zero-order valence-corrected chi connectivity index (χ0v) is 11.0. The Kier molecular flexibility index (Phi) is 4.60. The van der Waals surface area contributed by atoms with Gasteiger partial charge in [-0.05, 0) is 32.8 Å². The molecule has 1 atom stereocenters. The fourth-order valence-electron chi connectivity index (χ4n) is 2.21. The SMILES string of the molecule is Cc1cc(C(=O)N2CCC[C@@H](N)C2)c(C)o1.Cl. The van der Waals surface area contributed by atoms with Gasteiger partial charge in [0.05, 0.1) is 5.56 Å². The number of likely N-dealkylation sites (tertiary alicyclic amines) is 1. The van der Waals surface area contributed by atoms with Crippen LogP contribution < -0.4 is 5.73 Å². The van der Waals surface area contributed by atoms with Crippen molar-refractivity contribution in [3.63, 3.8) is 0 Å². The molecule has 0 spiro atoms. The predicted molar refractivity (Wildman–Crippen MR) is 68.5 cm³/mol. The van der Waals surface area contributed by atoms with Crippen molar-refractivity contribution in [2.45, 2.75) is 32.7 Å². The molecule has 0 aromatic carbocycles. The van der Waals surface area contributed by atoms with Crippen molar-refractivity contribution in [3.05, 3.63) is 23.2 Å². The van der Waals surface area contributed by atoms with Crippen molar-refractivity contribution in [2.75, 3.05) is 13.1 Å². The van der Waals surface area contributed by atoms with Crippen LogP contribution >= 0.6 is 12.4 Å². The second kappa shape index (κ2) is 5.56. The van der Waals surface area contributed by atoms with Crippen molar-refractivity contribution >= 4 is 18.3 Å². The average Bonchev–Trinajstić information content (AvgIpc) is 2.57. The average molecular weight is 259 g/mol. The molecule has 96 valence electrons. The molecule has 2 rings (SSSR count). The van der Waals surface area contributed by atoms with Crippen LogP contribution in [0.1, 0.15) is 34.7 Å². The summed E-state index contributed by atoms with van der Waals surface area (Å²) < 4.78 is 5.37. The Morgan fingerprint density at radius 3 is 2.76 bits per heavy atom. The molecule has 0 unspecified atom stereocenters. The molecule has 1 saturated heterocycles. The van der Waals surface area contributed by atoms with Crippen LogP contribution in [0.25, 0.3) is 0 Å². The molecule has 4 nitrogen and oxygen atoms in total. The molecule has 2 heterocycles. The number of halogens is 1. The summed E-state index contributed by atoms with van der Waals surface area (Å²) in [5, 5.41) is 0. The van der Waals surface area contributed by atoms with Gasteiger partial charge in [0, 0.05) is 19.1 Å². The topological polar surface area (TPSA) is 59.5 Å². The Morgan fingerprint density at radius 1 is 1.53 bits per heavy atom. The minimum absolute atomic E-state index is 0. The number of furan rings is 1. The van der Waals surface area contributed by atoms with Crippen molar-refractivity contribution in [2.24, 2.45) is 5.73 Å². The number of rotatable bonds is 1. The highest BCUT2D eigenvalue weighted by Crippen LogP contribution is 2.18. The van der Waals surface area contributed by atoms with Gasteiger partial charge in [-0.2, -0.15) is 0 Å². The number of hydrogen-bond donors (Lipinski definition) is 1. The maximum Gasteiger partial charge on any atom is 0.257 e. The number of aryl methyl sites for hydroxylation is 2. The van der Waals surface area contributed by atoms with E-state index in [4.69, 9.17) is 10.2 Å². The van der Waals surface area contributed by atoms with Gasteiger partial charge in [0.1, 0.15) is 11.5 Å².